The Bertz CT molecular complexity index is 494. The van der Waals surface area contributed by atoms with Gasteiger partial charge in [0.15, 0.2) is 0 Å². The van der Waals surface area contributed by atoms with E-state index in [0.717, 1.165) is 31.5 Å². The van der Waals surface area contributed by atoms with Crippen molar-refractivity contribution in [2.45, 2.75) is 38.5 Å². The van der Waals surface area contributed by atoms with Crippen molar-refractivity contribution in [1.82, 2.24) is 4.90 Å². The lowest BCUT2D eigenvalue weighted by Crippen LogP contribution is -2.37. The van der Waals surface area contributed by atoms with Crippen molar-refractivity contribution < 1.29 is 9.59 Å². The van der Waals surface area contributed by atoms with Gasteiger partial charge in [-0.15, -0.1) is 0 Å². The Morgan fingerprint density at radius 1 is 1.05 bits per heavy atom. The highest BCUT2D eigenvalue weighted by atomic mass is 16.2. The summed E-state index contributed by atoms with van der Waals surface area (Å²) in [5.41, 5.74) is 6.67. The minimum Gasteiger partial charge on any atom is -0.369 e. The van der Waals surface area contributed by atoms with Crippen LogP contribution in [0.4, 0.5) is 10.5 Å². The summed E-state index contributed by atoms with van der Waals surface area (Å²) in [4.78, 5) is 25.3. The van der Waals surface area contributed by atoms with Crippen LogP contribution in [-0.2, 0) is 11.2 Å². The quantitative estimate of drug-likeness (QED) is 0.897. The predicted octanol–water partition coefficient (Wildman–Crippen LogP) is 2.51. The van der Waals surface area contributed by atoms with Gasteiger partial charge in [0.25, 0.3) is 0 Å². The zero-order valence-corrected chi connectivity index (χ0v) is 12.3. The Morgan fingerprint density at radius 2 is 1.67 bits per heavy atom. The van der Waals surface area contributed by atoms with Crippen LogP contribution in [0.15, 0.2) is 24.3 Å². The van der Waals surface area contributed by atoms with E-state index in [0.29, 0.717) is 5.69 Å². The number of hydrogen-bond donors (Lipinski definition) is 2. The fourth-order valence-electron chi connectivity index (χ4n) is 2.63. The van der Waals surface area contributed by atoms with Gasteiger partial charge in [-0.3, -0.25) is 4.79 Å². The molecule has 5 nitrogen and oxygen atoms in total. The third-order valence-corrected chi connectivity index (χ3v) is 3.77. The van der Waals surface area contributed by atoms with E-state index in [1.807, 2.05) is 23.1 Å². The normalized spacial score (nSPS) is 15.9. The lowest BCUT2D eigenvalue weighted by atomic mass is 10.1. The van der Waals surface area contributed by atoms with Gasteiger partial charge >= 0.3 is 6.03 Å². The molecule has 1 aromatic carbocycles. The summed E-state index contributed by atoms with van der Waals surface area (Å²) in [6, 6.07) is 7.21. The van der Waals surface area contributed by atoms with Crippen molar-refractivity contribution in [3.05, 3.63) is 29.8 Å². The van der Waals surface area contributed by atoms with Gasteiger partial charge in [0, 0.05) is 18.8 Å². The van der Waals surface area contributed by atoms with Gasteiger partial charge in [-0.2, -0.15) is 0 Å². The Balaban J connectivity index is 2.02. The number of urea groups is 1. The van der Waals surface area contributed by atoms with Crippen molar-refractivity contribution in [2.24, 2.45) is 5.73 Å². The number of carbonyl (C=O) groups excluding carboxylic acids is 2. The van der Waals surface area contributed by atoms with Crippen molar-refractivity contribution in [3.63, 3.8) is 0 Å². The summed E-state index contributed by atoms with van der Waals surface area (Å²) in [5, 5.41) is 2.91. The third kappa shape index (κ3) is 4.77. The molecule has 0 radical (unpaired) electrons. The largest absolute Gasteiger partial charge is 0.369 e. The molecule has 1 aliphatic heterocycles. The maximum Gasteiger partial charge on any atom is 0.321 e. The maximum absolute atomic E-state index is 12.4. The smallest absolute Gasteiger partial charge is 0.321 e. The van der Waals surface area contributed by atoms with E-state index < -0.39 is 5.91 Å². The highest BCUT2D eigenvalue weighted by molar-refractivity contribution is 5.91. The first-order valence-electron chi connectivity index (χ1n) is 7.59. The number of likely N-dealkylation sites (tertiary alicyclic amines) is 1. The number of rotatable bonds is 3. The molecule has 5 heteroatoms. The molecule has 0 saturated carbocycles. The van der Waals surface area contributed by atoms with Gasteiger partial charge < -0.3 is 16.0 Å². The molecule has 1 fully saturated rings. The van der Waals surface area contributed by atoms with Gasteiger partial charge in [0.1, 0.15) is 0 Å². The Labute approximate surface area is 125 Å². The van der Waals surface area contributed by atoms with E-state index in [1.165, 1.54) is 19.3 Å². The number of anilines is 1. The van der Waals surface area contributed by atoms with Crippen molar-refractivity contribution in [1.29, 1.82) is 0 Å². The second kappa shape index (κ2) is 7.67. The number of carbonyl (C=O) groups is 2. The molecule has 0 unspecified atom stereocenters. The average molecular weight is 289 g/mol. The summed E-state index contributed by atoms with van der Waals surface area (Å²) in [5.74, 6) is -0.400. The molecule has 0 aliphatic carbocycles. The van der Waals surface area contributed by atoms with E-state index >= 15 is 0 Å². The SMILES string of the molecule is NC(=O)Cc1ccccc1NC(=O)N1CCCCCCC1. The monoisotopic (exact) mass is 289 g/mol. The topological polar surface area (TPSA) is 75.4 Å². The van der Waals surface area contributed by atoms with Crippen LogP contribution in [0.3, 0.4) is 0 Å². The number of nitrogens with one attached hydrogen (secondary N) is 1. The molecule has 1 aliphatic rings. The molecule has 1 heterocycles. The molecule has 1 saturated heterocycles. The number of amides is 3. The van der Waals surface area contributed by atoms with Crippen LogP contribution in [0.1, 0.15) is 37.7 Å². The summed E-state index contributed by atoms with van der Waals surface area (Å²) in [6.45, 7) is 1.59. The summed E-state index contributed by atoms with van der Waals surface area (Å²) in [7, 11) is 0. The second-order valence-electron chi connectivity index (χ2n) is 5.49. The van der Waals surface area contributed by atoms with E-state index in [1.54, 1.807) is 6.07 Å². The van der Waals surface area contributed by atoms with E-state index in [-0.39, 0.29) is 12.5 Å². The average Bonchev–Trinajstić information content (AvgIpc) is 2.40. The first kappa shape index (κ1) is 15.4. The zero-order valence-electron chi connectivity index (χ0n) is 12.3. The lowest BCUT2D eigenvalue weighted by Gasteiger charge is -2.25. The zero-order chi connectivity index (χ0) is 15.1. The van der Waals surface area contributed by atoms with Crippen molar-refractivity contribution in [2.75, 3.05) is 18.4 Å². The number of primary amides is 1. The fourth-order valence-corrected chi connectivity index (χ4v) is 2.63. The molecule has 0 bridgehead atoms. The molecule has 3 amide bonds. The Hall–Kier alpha value is -2.04. The van der Waals surface area contributed by atoms with Crippen LogP contribution >= 0.6 is 0 Å². The summed E-state index contributed by atoms with van der Waals surface area (Å²) in [6.07, 6.45) is 5.87. The van der Waals surface area contributed by atoms with Crippen LogP contribution in [0, 0.1) is 0 Å². The van der Waals surface area contributed by atoms with Crippen LogP contribution in [-0.4, -0.2) is 29.9 Å². The number of nitrogens with zero attached hydrogens (tertiary/aromatic N) is 1. The molecule has 0 spiro atoms. The van der Waals surface area contributed by atoms with Gasteiger partial charge in [-0.1, -0.05) is 37.5 Å². The molecule has 0 atom stereocenters. The van der Waals surface area contributed by atoms with E-state index in [2.05, 4.69) is 5.32 Å². The minimum absolute atomic E-state index is 0.0891. The van der Waals surface area contributed by atoms with Gasteiger partial charge in [0.2, 0.25) is 5.91 Å². The first-order chi connectivity index (χ1) is 10.2. The third-order valence-electron chi connectivity index (χ3n) is 3.77. The van der Waals surface area contributed by atoms with Crippen LogP contribution in [0.25, 0.3) is 0 Å². The number of nitrogens with two attached hydrogens (primary N) is 1. The summed E-state index contributed by atoms with van der Waals surface area (Å²) < 4.78 is 0. The van der Waals surface area contributed by atoms with Crippen LogP contribution in [0.2, 0.25) is 0 Å². The molecule has 21 heavy (non-hydrogen) atoms. The first-order valence-corrected chi connectivity index (χ1v) is 7.59. The van der Waals surface area contributed by atoms with Gasteiger partial charge in [-0.25, -0.2) is 4.79 Å². The lowest BCUT2D eigenvalue weighted by molar-refractivity contribution is -0.117. The second-order valence-corrected chi connectivity index (χ2v) is 5.49. The Morgan fingerprint density at radius 3 is 2.33 bits per heavy atom. The Kier molecular flexibility index (Phi) is 5.60. The number of hydrogen-bond acceptors (Lipinski definition) is 2. The van der Waals surface area contributed by atoms with E-state index in [4.69, 9.17) is 5.73 Å². The van der Waals surface area contributed by atoms with Gasteiger partial charge in [-0.05, 0) is 24.5 Å². The molecule has 3 N–H and O–H groups in total. The molecule has 2 rings (SSSR count). The molecule has 0 aromatic heterocycles. The molecule has 1 aromatic rings. The maximum atomic E-state index is 12.4. The number of benzene rings is 1. The highest BCUT2D eigenvalue weighted by Crippen LogP contribution is 2.17. The molecular formula is C16H23N3O2. The van der Waals surface area contributed by atoms with Crippen LogP contribution < -0.4 is 11.1 Å². The standard InChI is InChI=1S/C16H23N3O2/c17-15(20)12-13-8-4-5-9-14(13)18-16(21)19-10-6-2-1-3-7-11-19/h4-5,8-9H,1-3,6-7,10-12H2,(H2,17,20)(H,18,21). The molecular weight excluding hydrogens is 266 g/mol. The minimum atomic E-state index is -0.400. The van der Waals surface area contributed by atoms with Gasteiger partial charge in [0.05, 0.1) is 6.42 Å². The van der Waals surface area contributed by atoms with Crippen molar-refractivity contribution in [3.8, 4) is 0 Å². The number of para-hydroxylation sites is 1. The van der Waals surface area contributed by atoms with Crippen molar-refractivity contribution >= 4 is 17.6 Å². The fraction of sp³-hybridized carbons (Fsp3) is 0.500. The summed E-state index contributed by atoms with van der Waals surface area (Å²) >= 11 is 0. The van der Waals surface area contributed by atoms with E-state index in [9.17, 15) is 9.59 Å². The highest BCUT2D eigenvalue weighted by Gasteiger charge is 2.16. The molecule has 114 valence electrons. The van der Waals surface area contributed by atoms with Crippen LogP contribution in [0.5, 0.6) is 0 Å². The predicted molar refractivity (Wildman–Crippen MR) is 83.0 cm³/mol.